The van der Waals surface area contributed by atoms with Crippen molar-refractivity contribution in [2.75, 3.05) is 7.11 Å². The van der Waals surface area contributed by atoms with Crippen LogP contribution in [0.15, 0.2) is 18.3 Å². The van der Waals surface area contributed by atoms with Crippen LogP contribution in [0.25, 0.3) is 0 Å². The maximum atomic E-state index is 11.5. The molecule has 0 spiro atoms. The number of terminal acetylenes is 1. The van der Waals surface area contributed by atoms with Crippen molar-refractivity contribution in [1.82, 2.24) is 4.98 Å². The van der Waals surface area contributed by atoms with Crippen LogP contribution in [0.1, 0.15) is 25.1 Å². The smallest absolute Gasteiger partial charge is 0.311 e. The standard InChI is InChI=1S/C13H15NO2/c1-5-11-7-6-10(9-14-11)8-13(2,3)12(15)16-4/h1,6-7,9H,8H2,2-4H3. The summed E-state index contributed by atoms with van der Waals surface area (Å²) < 4.78 is 4.74. The number of pyridine rings is 1. The van der Waals surface area contributed by atoms with Gasteiger partial charge in [0.1, 0.15) is 5.69 Å². The molecule has 0 aliphatic heterocycles. The highest BCUT2D eigenvalue weighted by atomic mass is 16.5. The first-order valence-corrected chi connectivity index (χ1v) is 4.99. The summed E-state index contributed by atoms with van der Waals surface area (Å²) in [6.45, 7) is 3.68. The number of nitrogens with zero attached hydrogens (tertiary/aromatic N) is 1. The Morgan fingerprint density at radius 1 is 1.56 bits per heavy atom. The summed E-state index contributed by atoms with van der Waals surface area (Å²) in [6.07, 6.45) is 7.49. The van der Waals surface area contributed by atoms with E-state index in [0.29, 0.717) is 12.1 Å². The fourth-order valence-electron chi connectivity index (χ4n) is 1.47. The van der Waals surface area contributed by atoms with Crippen LogP contribution in [0.2, 0.25) is 0 Å². The second-order valence-electron chi connectivity index (χ2n) is 4.25. The van der Waals surface area contributed by atoms with Crippen molar-refractivity contribution in [3.8, 4) is 12.3 Å². The summed E-state index contributed by atoms with van der Waals surface area (Å²) in [4.78, 5) is 15.6. The topological polar surface area (TPSA) is 39.2 Å². The molecule has 3 nitrogen and oxygen atoms in total. The first kappa shape index (κ1) is 12.3. The van der Waals surface area contributed by atoms with Crippen LogP contribution in [0, 0.1) is 17.8 Å². The summed E-state index contributed by atoms with van der Waals surface area (Å²) in [5, 5.41) is 0. The molecule has 0 atom stereocenters. The Morgan fingerprint density at radius 2 is 2.25 bits per heavy atom. The van der Waals surface area contributed by atoms with Gasteiger partial charge < -0.3 is 4.74 Å². The fourth-order valence-corrected chi connectivity index (χ4v) is 1.47. The molecule has 84 valence electrons. The van der Waals surface area contributed by atoms with Crippen LogP contribution >= 0.6 is 0 Å². The molecule has 0 radical (unpaired) electrons. The Bertz CT molecular complexity index is 413. The van der Waals surface area contributed by atoms with Gasteiger partial charge in [0.2, 0.25) is 0 Å². The van der Waals surface area contributed by atoms with E-state index in [1.807, 2.05) is 19.9 Å². The highest BCUT2D eigenvalue weighted by Crippen LogP contribution is 2.22. The minimum atomic E-state index is -0.548. The Morgan fingerprint density at radius 3 is 2.69 bits per heavy atom. The Balaban J connectivity index is 2.81. The number of hydrogen-bond acceptors (Lipinski definition) is 3. The van der Waals surface area contributed by atoms with Crippen LogP contribution < -0.4 is 0 Å². The Labute approximate surface area is 95.8 Å². The molecule has 1 heterocycles. The zero-order valence-electron chi connectivity index (χ0n) is 9.78. The number of aromatic nitrogens is 1. The largest absolute Gasteiger partial charge is 0.469 e. The van der Waals surface area contributed by atoms with Gasteiger partial charge in [-0.15, -0.1) is 6.42 Å². The van der Waals surface area contributed by atoms with Crippen LogP contribution in [-0.2, 0) is 16.0 Å². The summed E-state index contributed by atoms with van der Waals surface area (Å²) in [7, 11) is 1.39. The van der Waals surface area contributed by atoms with E-state index in [0.717, 1.165) is 5.56 Å². The minimum absolute atomic E-state index is 0.228. The third-order valence-corrected chi connectivity index (χ3v) is 2.36. The molecule has 0 saturated carbocycles. The van der Waals surface area contributed by atoms with Gasteiger partial charge >= 0.3 is 5.97 Å². The van der Waals surface area contributed by atoms with Crippen molar-refractivity contribution in [2.24, 2.45) is 5.41 Å². The molecule has 0 N–H and O–H groups in total. The van der Waals surface area contributed by atoms with Crippen LogP contribution in [0.5, 0.6) is 0 Å². The molecule has 0 bridgehead atoms. The highest BCUT2D eigenvalue weighted by molar-refractivity contribution is 5.76. The van der Waals surface area contributed by atoms with E-state index >= 15 is 0 Å². The molecule has 0 saturated heterocycles. The maximum Gasteiger partial charge on any atom is 0.311 e. The second-order valence-corrected chi connectivity index (χ2v) is 4.25. The molecule has 0 unspecified atom stereocenters. The third kappa shape index (κ3) is 2.83. The molecular weight excluding hydrogens is 202 g/mol. The monoisotopic (exact) mass is 217 g/mol. The minimum Gasteiger partial charge on any atom is -0.469 e. The maximum absolute atomic E-state index is 11.5. The molecule has 0 aromatic carbocycles. The molecular formula is C13H15NO2. The lowest BCUT2D eigenvalue weighted by Gasteiger charge is -2.21. The quantitative estimate of drug-likeness (QED) is 0.572. The van der Waals surface area contributed by atoms with Crippen molar-refractivity contribution in [2.45, 2.75) is 20.3 Å². The first-order valence-electron chi connectivity index (χ1n) is 4.99. The predicted molar refractivity (Wildman–Crippen MR) is 61.7 cm³/mol. The molecule has 0 amide bonds. The lowest BCUT2D eigenvalue weighted by molar-refractivity contribution is -0.150. The first-order chi connectivity index (χ1) is 7.49. The molecule has 3 heteroatoms. The number of methoxy groups -OCH3 is 1. The normalized spacial score (nSPS) is 10.6. The van der Waals surface area contributed by atoms with Gasteiger partial charge in [0.25, 0.3) is 0 Å². The average molecular weight is 217 g/mol. The summed E-state index contributed by atoms with van der Waals surface area (Å²) >= 11 is 0. The van der Waals surface area contributed by atoms with Crippen LogP contribution in [0.3, 0.4) is 0 Å². The summed E-state index contributed by atoms with van der Waals surface area (Å²) in [5.41, 5.74) is 1.02. The second kappa shape index (κ2) is 4.80. The molecule has 1 aromatic rings. The van der Waals surface area contributed by atoms with Crippen molar-refractivity contribution in [3.05, 3.63) is 29.6 Å². The Hall–Kier alpha value is -1.82. The van der Waals surface area contributed by atoms with Gasteiger partial charge in [-0.1, -0.05) is 12.0 Å². The van der Waals surface area contributed by atoms with Gasteiger partial charge in [0, 0.05) is 6.20 Å². The van der Waals surface area contributed by atoms with E-state index in [4.69, 9.17) is 11.2 Å². The molecule has 16 heavy (non-hydrogen) atoms. The number of hydrogen-bond donors (Lipinski definition) is 0. The number of carbonyl (C=O) groups excluding carboxylic acids is 1. The van der Waals surface area contributed by atoms with E-state index in [9.17, 15) is 4.79 Å². The molecule has 0 fully saturated rings. The highest BCUT2D eigenvalue weighted by Gasteiger charge is 2.28. The Kier molecular flexibility index (Phi) is 3.68. The van der Waals surface area contributed by atoms with Gasteiger partial charge in [-0.2, -0.15) is 0 Å². The lowest BCUT2D eigenvalue weighted by atomic mass is 9.86. The van der Waals surface area contributed by atoms with Crippen molar-refractivity contribution in [3.63, 3.8) is 0 Å². The summed E-state index contributed by atoms with van der Waals surface area (Å²) in [5.74, 6) is 2.22. The summed E-state index contributed by atoms with van der Waals surface area (Å²) in [6, 6.07) is 3.65. The fraction of sp³-hybridized carbons (Fsp3) is 0.385. The van der Waals surface area contributed by atoms with E-state index in [-0.39, 0.29) is 5.97 Å². The predicted octanol–water partition coefficient (Wildman–Crippen LogP) is 1.80. The van der Waals surface area contributed by atoms with E-state index < -0.39 is 5.41 Å². The van der Waals surface area contributed by atoms with Gasteiger partial charge in [-0.25, -0.2) is 4.98 Å². The van der Waals surface area contributed by atoms with Crippen molar-refractivity contribution in [1.29, 1.82) is 0 Å². The number of carbonyl (C=O) groups is 1. The zero-order chi connectivity index (χ0) is 12.2. The van der Waals surface area contributed by atoms with Gasteiger partial charge in [0.15, 0.2) is 0 Å². The molecule has 0 aliphatic rings. The van der Waals surface area contributed by atoms with E-state index in [1.54, 1.807) is 12.3 Å². The SMILES string of the molecule is C#Cc1ccc(CC(C)(C)C(=O)OC)cn1. The zero-order valence-corrected chi connectivity index (χ0v) is 9.78. The molecule has 1 rings (SSSR count). The molecule has 1 aromatic heterocycles. The van der Waals surface area contributed by atoms with Crippen LogP contribution in [-0.4, -0.2) is 18.1 Å². The lowest BCUT2D eigenvalue weighted by Crippen LogP contribution is -2.28. The van der Waals surface area contributed by atoms with Crippen molar-refractivity contribution >= 4 is 5.97 Å². The van der Waals surface area contributed by atoms with Gasteiger partial charge in [-0.05, 0) is 31.9 Å². The van der Waals surface area contributed by atoms with Gasteiger partial charge in [-0.3, -0.25) is 4.79 Å². The third-order valence-electron chi connectivity index (χ3n) is 2.36. The van der Waals surface area contributed by atoms with E-state index in [1.165, 1.54) is 7.11 Å². The van der Waals surface area contributed by atoms with Gasteiger partial charge in [0.05, 0.1) is 12.5 Å². The number of esters is 1. The molecule has 0 aliphatic carbocycles. The van der Waals surface area contributed by atoms with E-state index in [2.05, 4.69) is 10.9 Å². The average Bonchev–Trinajstić information content (AvgIpc) is 2.28. The van der Waals surface area contributed by atoms with Crippen molar-refractivity contribution < 1.29 is 9.53 Å². The van der Waals surface area contributed by atoms with Crippen LogP contribution in [0.4, 0.5) is 0 Å². The number of rotatable bonds is 3. The number of ether oxygens (including phenoxy) is 1.